The van der Waals surface area contributed by atoms with Gasteiger partial charge in [-0.3, -0.25) is 0 Å². The molecule has 0 bridgehead atoms. The average Bonchev–Trinajstić information content (AvgIpc) is 2.13. The predicted octanol–water partition coefficient (Wildman–Crippen LogP) is 2.88. The number of rotatable bonds is 4. The van der Waals surface area contributed by atoms with E-state index in [-0.39, 0.29) is 6.04 Å². The van der Waals surface area contributed by atoms with Gasteiger partial charge in [-0.05, 0) is 31.9 Å². The van der Waals surface area contributed by atoms with Crippen molar-refractivity contribution in [1.29, 1.82) is 0 Å². The molecule has 2 nitrogen and oxygen atoms in total. The van der Waals surface area contributed by atoms with E-state index in [9.17, 15) is 13.2 Å². The van der Waals surface area contributed by atoms with E-state index in [0.29, 0.717) is 12.1 Å². The molecular weight excluding hydrogens is 241 g/mol. The second kappa shape index (κ2) is 5.61. The van der Waals surface area contributed by atoms with Gasteiger partial charge in [-0.1, -0.05) is 17.7 Å². The molecule has 0 spiro atoms. The maximum absolute atomic E-state index is 12.4. The summed E-state index contributed by atoms with van der Waals surface area (Å²) in [5, 5.41) is 0. The Bertz CT molecular complexity index is 400. The van der Waals surface area contributed by atoms with Gasteiger partial charge in [0.1, 0.15) is 6.54 Å². The molecule has 5 heteroatoms. The summed E-state index contributed by atoms with van der Waals surface area (Å²) in [4.78, 5) is 1.22. The van der Waals surface area contributed by atoms with E-state index in [2.05, 4.69) is 0 Å². The van der Waals surface area contributed by atoms with Crippen LogP contribution < -0.4 is 10.6 Å². The zero-order valence-electron chi connectivity index (χ0n) is 10.9. The van der Waals surface area contributed by atoms with Crippen molar-refractivity contribution in [3.05, 3.63) is 29.3 Å². The number of nitrogens with two attached hydrogens (primary N) is 1. The smallest absolute Gasteiger partial charge is 0.365 e. The topological polar surface area (TPSA) is 29.3 Å². The van der Waals surface area contributed by atoms with Crippen molar-refractivity contribution in [2.45, 2.75) is 32.5 Å². The summed E-state index contributed by atoms with van der Waals surface area (Å²) < 4.78 is 37.2. The van der Waals surface area contributed by atoms with Crippen LogP contribution in [0.5, 0.6) is 0 Å². The van der Waals surface area contributed by atoms with Crippen LogP contribution in [0.1, 0.15) is 18.1 Å². The first-order valence-electron chi connectivity index (χ1n) is 5.82. The summed E-state index contributed by atoms with van der Waals surface area (Å²) in [5.41, 5.74) is 8.20. The number of halogens is 3. The second-order valence-electron chi connectivity index (χ2n) is 4.78. The minimum absolute atomic E-state index is 0.0789. The SMILES string of the molecule is Cc1ccc(N(C)CC(F)(F)F)c(CC(C)N)c1. The Kier molecular flexibility index (Phi) is 4.62. The highest BCUT2D eigenvalue weighted by Gasteiger charge is 2.30. The van der Waals surface area contributed by atoms with Crippen LogP contribution in [0.3, 0.4) is 0 Å². The van der Waals surface area contributed by atoms with Gasteiger partial charge < -0.3 is 10.6 Å². The second-order valence-corrected chi connectivity index (χ2v) is 4.78. The fourth-order valence-electron chi connectivity index (χ4n) is 1.95. The van der Waals surface area contributed by atoms with Crippen LogP contribution in [-0.4, -0.2) is 25.8 Å². The number of benzene rings is 1. The molecule has 102 valence electrons. The largest absolute Gasteiger partial charge is 0.405 e. The third-order valence-corrected chi connectivity index (χ3v) is 2.60. The normalized spacial score (nSPS) is 13.5. The summed E-state index contributed by atoms with van der Waals surface area (Å²) in [7, 11) is 1.45. The van der Waals surface area contributed by atoms with E-state index in [1.807, 2.05) is 26.0 Å². The number of anilines is 1. The average molecular weight is 260 g/mol. The molecule has 0 saturated carbocycles. The Morgan fingerprint density at radius 2 is 1.94 bits per heavy atom. The lowest BCUT2D eigenvalue weighted by molar-refractivity contribution is -0.119. The summed E-state index contributed by atoms with van der Waals surface area (Å²) in [6.07, 6.45) is -3.63. The van der Waals surface area contributed by atoms with Crippen LogP contribution in [0, 0.1) is 6.92 Å². The first-order valence-corrected chi connectivity index (χ1v) is 5.82. The van der Waals surface area contributed by atoms with Crippen molar-refractivity contribution in [2.75, 3.05) is 18.5 Å². The highest BCUT2D eigenvalue weighted by molar-refractivity contribution is 5.55. The molecule has 2 N–H and O–H groups in total. The summed E-state index contributed by atoms with van der Waals surface area (Å²) in [6, 6.07) is 5.35. The highest BCUT2D eigenvalue weighted by Crippen LogP contribution is 2.25. The van der Waals surface area contributed by atoms with Gasteiger partial charge in [0, 0.05) is 18.8 Å². The summed E-state index contributed by atoms with van der Waals surface area (Å²) in [5.74, 6) is 0. The van der Waals surface area contributed by atoms with Gasteiger partial charge >= 0.3 is 6.18 Å². The van der Waals surface area contributed by atoms with Gasteiger partial charge in [-0.15, -0.1) is 0 Å². The Morgan fingerprint density at radius 1 is 1.33 bits per heavy atom. The third-order valence-electron chi connectivity index (χ3n) is 2.60. The molecule has 0 amide bonds. The van der Waals surface area contributed by atoms with E-state index >= 15 is 0 Å². The van der Waals surface area contributed by atoms with E-state index in [0.717, 1.165) is 11.1 Å². The van der Waals surface area contributed by atoms with Gasteiger partial charge in [0.25, 0.3) is 0 Å². The number of nitrogens with zero attached hydrogens (tertiary/aromatic N) is 1. The number of aryl methyl sites for hydroxylation is 1. The third kappa shape index (κ3) is 4.56. The standard InChI is InChI=1S/C13H19F3N2/c1-9-4-5-12(11(6-9)7-10(2)17)18(3)8-13(14,15)16/h4-6,10H,7-8,17H2,1-3H3. The van der Waals surface area contributed by atoms with E-state index < -0.39 is 12.7 Å². The molecule has 0 saturated heterocycles. The molecule has 0 aliphatic carbocycles. The van der Waals surface area contributed by atoms with Gasteiger partial charge in [-0.2, -0.15) is 13.2 Å². The highest BCUT2D eigenvalue weighted by atomic mass is 19.4. The molecule has 1 rings (SSSR count). The first kappa shape index (κ1) is 14.8. The van der Waals surface area contributed by atoms with E-state index in [4.69, 9.17) is 5.73 Å². The molecule has 0 fully saturated rings. The molecule has 1 aromatic rings. The fraction of sp³-hybridized carbons (Fsp3) is 0.538. The van der Waals surface area contributed by atoms with Gasteiger partial charge in [0.15, 0.2) is 0 Å². The van der Waals surface area contributed by atoms with Gasteiger partial charge in [0.2, 0.25) is 0 Å². The number of hydrogen-bond donors (Lipinski definition) is 1. The quantitative estimate of drug-likeness (QED) is 0.902. The maximum atomic E-state index is 12.4. The first-order chi connectivity index (χ1) is 8.19. The van der Waals surface area contributed by atoms with Crippen LogP contribution in [0.25, 0.3) is 0 Å². The lowest BCUT2D eigenvalue weighted by atomic mass is 10.0. The van der Waals surface area contributed by atoms with Crippen molar-refractivity contribution in [3.63, 3.8) is 0 Å². The fourth-order valence-corrected chi connectivity index (χ4v) is 1.95. The zero-order valence-corrected chi connectivity index (χ0v) is 10.9. The number of alkyl halides is 3. The molecule has 0 heterocycles. The maximum Gasteiger partial charge on any atom is 0.405 e. The Balaban J connectivity index is 2.99. The van der Waals surface area contributed by atoms with Crippen molar-refractivity contribution in [3.8, 4) is 0 Å². The zero-order chi connectivity index (χ0) is 13.9. The van der Waals surface area contributed by atoms with Gasteiger partial charge in [-0.25, -0.2) is 0 Å². The lowest BCUT2D eigenvalue weighted by Crippen LogP contribution is -2.32. The Hall–Kier alpha value is -1.23. The van der Waals surface area contributed by atoms with Crippen molar-refractivity contribution in [2.24, 2.45) is 5.73 Å². The Labute approximate surface area is 106 Å². The van der Waals surface area contributed by atoms with Crippen molar-refractivity contribution >= 4 is 5.69 Å². The summed E-state index contributed by atoms with van der Waals surface area (Å²) in [6.45, 7) is 2.80. The predicted molar refractivity (Wildman–Crippen MR) is 67.9 cm³/mol. The van der Waals surface area contributed by atoms with E-state index in [1.54, 1.807) is 6.07 Å². The monoisotopic (exact) mass is 260 g/mol. The summed E-state index contributed by atoms with van der Waals surface area (Å²) >= 11 is 0. The van der Waals surface area contributed by atoms with Crippen LogP contribution in [0.2, 0.25) is 0 Å². The Morgan fingerprint density at radius 3 is 2.44 bits per heavy atom. The molecule has 0 aliphatic heterocycles. The molecule has 1 atom stereocenters. The minimum atomic E-state index is -4.20. The minimum Gasteiger partial charge on any atom is -0.365 e. The molecule has 1 aromatic carbocycles. The van der Waals surface area contributed by atoms with Crippen molar-refractivity contribution in [1.82, 2.24) is 0 Å². The molecule has 18 heavy (non-hydrogen) atoms. The van der Waals surface area contributed by atoms with Crippen molar-refractivity contribution < 1.29 is 13.2 Å². The molecule has 0 radical (unpaired) electrons. The van der Waals surface area contributed by atoms with Gasteiger partial charge in [0.05, 0.1) is 0 Å². The number of hydrogen-bond acceptors (Lipinski definition) is 2. The van der Waals surface area contributed by atoms with Crippen LogP contribution in [0.15, 0.2) is 18.2 Å². The molecule has 1 unspecified atom stereocenters. The lowest BCUT2D eigenvalue weighted by Gasteiger charge is -2.24. The van der Waals surface area contributed by atoms with Crippen LogP contribution in [0.4, 0.5) is 18.9 Å². The molecule has 0 aromatic heterocycles. The van der Waals surface area contributed by atoms with Crippen LogP contribution >= 0.6 is 0 Å². The molecule has 0 aliphatic rings. The van der Waals surface area contributed by atoms with E-state index in [1.165, 1.54) is 11.9 Å². The van der Waals surface area contributed by atoms with Crippen LogP contribution in [-0.2, 0) is 6.42 Å². The molecular formula is C13H19F3N2.